The normalized spacial score (nSPS) is 11.3. The lowest BCUT2D eigenvalue weighted by Gasteiger charge is -2.16. The number of pyridine rings is 1. The zero-order valence-electron chi connectivity index (χ0n) is 14.1. The number of hydrogen-bond acceptors (Lipinski definition) is 6. The number of rotatable bonds is 7. The van der Waals surface area contributed by atoms with E-state index in [1.807, 2.05) is 30.3 Å². The molecule has 0 saturated carbocycles. The SMILES string of the molecule is COC(=O)[C@@H](Cc1ccccc1)NC(=O)COC(=O)c1cc[n+]([O-])cc1. The fourth-order valence-corrected chi connectivity index (χ4v) is 2.18. The van der Waals surface area contributed by atoms with Gasteiger partial charge in [0.2, 0.25) is 0 Å². The van der Waals surface area contributed by atoms with Gasteiger partial charge in [-0.25, -0.2) is 9.59 Å². The van der Waals surface area contributed by atoms with Crippen molar-refractivity contribution in [1.82, 2.24) is 5.32 Å². The lowest BCUT2D eigenvalue weighted by Crippen LogP contribution is -2.44. The van der Waals surface area contributed by atoms with Crippen LogP contribution in [0.3, 0.4) is 0 Å². The van der Waals surface area contributed by atoms with Crippen LogP contribution in [0.1, 0.15) is 15.9 Å². The third-order valence-electron chi connectivity index (χ3n) is 3.48. The molecular weight excluding hydrogens is 340 g/mol. The predicted molar refractivity (Wildman–Crippen MR) is 89.8 cm³/mol. The van der Waals surface area contributed by atoms with Gasteiger partial charge >= 0.3 is 11.9 Å². The minimum absolute atomic E-state index is 0.138. The fourth-order valence-electron chi connectivity index (χ4n) is 2.18. The maximum atomic E-state index is 12.0. The van der Waals surface area contributed by atoms with Crippen molar-refractivity contribution in [3.63, 3.8) is 0 Å². The largest absolute Gasteiger partial charge is 0.619 e. The average molecular weight is 358 g/mol. The molecule has 8 nitrogen and oxygen atoms in total. The molecule has 1 aromatic carbocycles. The van der Waals surface area contributed by atoms with E-state index in [0.29, 0.717) is 4.73 Å². The molecule has 1 N–H and O–H groups in total. The molecule has 0 unspecified atom stereocenters. The van der Waals surface area contributed by atoms with E-state index in [0.717, 1.165) is 18.0 Å². The van der Waals surface area contributed by atoms with Crippen molar-refractivity contribution >= 4 is 17.8 Å². The van der Waals surface area contributed by atoms with Crippen LogP contribution >= 0.6 is 0 Å². The van der Waals surface area contributed by atoms with Crippen molar-refractivity contribution in [2.24, 2.45) is 0 Å². The zero-order valence-corrected chi connectivity index (χ0v) is 14.1. The van der Waals surface area contributed by atoms with Gasteiger partial charge in [-0.15, -0.1) is 0 Å². The van der Waals surface area contributed by atoms with Crippen LogP contribution in [0.15, 0.2) is 54.9 Å². The molecule has 2 rings (SSSR count). The molecule has 2 aromatic rings. The molecule has 1 aromatic heterocycles. The number of benzene rings is 1. The summed E-state index contributed by atoms with van der Waals surface area (Å²) in [4.78, 5) is 35.7. The molecule has 0 bridgehead atoms. The highest BCUT2D eigenvalue weighted by Crippen LogP contribution is 2.05. The van der Waals surface area contributed by atoms with Crippen molar-refractivity contribution in [1.29, 1.82) is 0 Å². The first-order valence-electron chi connectivity index (χ1n) is 7.76. The van der Waals surface area contributed by atoms with Crippen LogP contribution in [-0.2, 0) is 25.5 Å². The van der Waals surface area contributed by atoms with Gasteiger partial charge in [0.05, 0.1) is 12.7 Å². The summed E-state index contributed by atoms with van der Waals surface area (Å²) in [7, 11) is 1.23. The second-order valence-electron chi connectivity index (χ2n) is 5.36. The Morgan fingerprint density at radius 3 is 2.38 bits per heavy atom. The van der Waals surface area contributed by atoms with Gasteiger partial charge in [-0.05, 0) is 5.56 Å². The van der Waals surface area contributed by atoms with Crippen LogP contribution in [-0.4, -0.2) is 37.6 Å². The molecule has 0 radical (unpaired) electrons. The first-order chi connectivity index (χ1) is 12.5. The topological polar surface area (TPSA) is 109 Å². The monoisotopic (exact) mass is 358 g/mol. The Kier molecular flexibility index (Phi) is 6.67. The summed E-state index contributed by atoms with van der Waals surface area (Å²) in [5.41, 5.74) is 0.981. The van der Waals surface area contributed by atoms with Crippen LogP contribution in [0, 0.1) is 5.21 Å². The fraction of sp³-hybridized carbons (Fsp3) is 0.222. The van der Waals surface area contributed by atoms with Gasteiger partial charge in [-0.2, -0.15) is 4.73 Å². The van der Waals surface area contributed by atoms with E-state index in [1.54, 1.807) is 0 Å². The Hall–Kier alpha value is -3.42. The summed E-state index contributed by atoms with van der Waals surface area (Å²) in [6.07, 6.45) is 2.53. The molecule has 0 aliphatic heterocycles. The van der Waals surface area contributed by atoms with Crippen molar-refractivity contribution in [3.8, 4) is 0 Å². The second-order valence-corrected chi connectivity index (χ2v) is 5.36. The standard InChI is InChI=1S/C18H18N2O6/c1-25-18(23)15(11-13-5-3-2-4-6-13)19-16(21)12-26-17(22)14-7-9-20(24)10-8-14/h2-10,15H,11-12H2,1H3,(H,19,21)/t15-/m1/s1. The molecule has 0 spiro atoms. The van der Waals surface area contributed by atoms with Gasteiger partial charge in [0, 0.05) is 18.6 Å². The van der Waals surface area contributed by atoms with E-state index in [2.05, 4.69) is 5.32 Å². The number of hydrogen-bond donors (Lipinski definition) is 1. The lowest BCUT2D eigenvalue weighted by atomic mass is 10.1. The maximum absolute atomic E-state index is 12.0. The summed E-state index contributed by atoms with van der Waals surface area (Å²) in [6.45, 7) is -0.562. The van der Waals surface area contributed by atoms with Gasteiger partial charge in [-0.3, -0.25) is 4.79 Å². The van der Waals surface area contributed by atoms with Crippen molar-refractivity contribution in [2.75, 3.05) is 13.7 Å². The third kappa shape index (κ3) is 5.59. The van der Waals surface area contributed by atoms with Gasteiger partial charge in [-0.1, -0.05) is 30.3 Å². The summed E-state index contributed by atoms with van der Waals surface area (Å²) >= 11 is 0. The molecule has 1 heterocycles. The number of ether oxygens (including phenoxy) is 2. The van der Waals surface area contributed by atoms with Crippen molar-refractivity contribution in [3.05, 3.63) is 71.2 Å². The summed E-state index contributed by atoms with van der Waals surface area (Å²) in [5.74, 6) is -1.99. The van der Waals surface area contributed by atoms with Crippen LogP contribution in [0.2, 0.25) is 0 Å². The Labute approximate surface area is 149 Å². The number of esters is 2. The molecule has 26 heavy (non-hydrogen) atoms. The second kappa shape index (κ2) is 9.16. The van der Waals surface area contributed by atoms with Crippen LogP contribution in [0.25, 0.3) is 0 Å². The Morgan fingerprint density at radius 2 is 1.77 bits per heavy atom. The summed E-state index contributed by atoms with van der Waals surface area (Å²) in [6, 6.07) is 10.8. The van der Waals surface area contributed by atoms with Gasteiger partial charge in [0.15, 0.2) is 19.0 Å². The van der Waals surface area contributed by atoms with Crippen LogP contribution in [0.4, 0.5) is 0 Å². The van der Waals surface area contributed by atoms with Crippen LogP contribution in [0.5, 0.6) is 0 Å². The van der Waals surface area contributed by atoms with E-state index in [1.165, 1.54) is 19.2 Å². The molecule has 0 aliphatic rings. The van der Waals surface area contributed by atoms with E-state index >= 15 is 0 Å². The molecule has 0 aliphatic carbocycles. The van der Waals surface area contributed by atoms with E-state index in [4.69, 9.17) is 9.47 Å². The third-order valence-corrected chi connectivity index (χ3v) is 3.48. The molecular formula is C18H18N2O6. The number of carbonyl (C=O) groups is 3. The first-order valence-corrected chi connectivity index (χ1v) is 7.76. The van der Waals surface area contributed by atoms with Crippen molar-refractivity contribution < 1.29 is 28.6 Å². The predicted octanol–water partition coefficient (Wildman–Crippen LogP) is 0.377. The molecule has 136 valence electrons. The first kappa shape index (κ1) is 18.9. The zero-order chi connectivity index (χ0) is 18.9. The Bertz CT molecular complexity index is 761. The van der Waals surface area contributed by atoms with Crippen molar-refractivity contribution in [2.45, 2.75) is 12.5 Å². The van der Waals surface area contributed by atoms with Gasteiger partial charge in [0.1, 0.15) is 6.04 Å². The minimum atomic E-state index is -0.898. The number of methoxy groups -OCH3 is 1. The number of carbonyl (C=O) groups excluding carboxylic acids is 3. The molecule has 0 fully saturated rings. The number of aromatic nitrogens is 1. The summed E-state index contributed by atoms with van der Waals surface area (Å²) in [5, 5.41) is 13.4. The van der Waals surface area contributed by atoms with Gasteiger partial charge in [0.25, 0.3) is 5.91 Å². The maximum Gasteiger partial charge on any atom is 0.339 e. The molecule has 1 amide bonds. The quantitative estimate of drug-likeness (QED) is 0.435. The Balaban J connectivity index is 1.91. The molecule has 0 saturated heterocycles. The minimum Gasteiger partial charge on any atom is -0.619 e. The van der Waals surface area contributed by atoms with E-state index < -0.39 is 30.5 Å². The number of nitrogens with one attached hydrogen (secondary N) is 1. The lowest BCUT2D eigenvalue weighted by molar-refractivity contribution is -0.605. The number of amides is 1. The highest BCUT2D eigenvalue weighted by atomic mass is 16.5. The number of nitrogens with zero attached hydrogens (tertiary/aromatic N) is 1. The molecule has 1 atom stereocenters. The van der Waals surface area contributed by atoms with Crippen LogP contribution < -0.4 is 10.0 Å². The van der Waals surface area contributed by atoms with E-state index in [-0.39, 0.29) is 12.0 Å². The molecule has 8 heteroatoms. The average Bonchev–Trinajstić information content (AvgIpc) is 2.66. The summed E-state index contributed by atoms with van der Waals surface area (Å²) < 4.78 is 10.1. The smallest absolute Gasteiger partial charge is 0.339 e. The Morgan fingerprint density at radius 1 is 1.12 bits per heavy atom. The van der Waals surface area contributed by atoms with Gasteiger partial charge < -0.3 is 20.0 Å². The highest BCUT2D eigenvalue weighted by molar-refractivity contribution is 5.91. The van der Waals surface area contributed by atoms with E-state index in [9.17, 15) is 19.6 Å². The highest BCUT2D eigenvalue weighted by Gasteiger charge is 2.22.